The number of hydrogen-bond donors (Lipinski definition) is 2. The second-order valence-corrected chi connectivity index (χ2v) is 4.70. The number of aromatic nitrogens is 2. The molecule has 1 aromatic heterocycles. The summed E-state index contributed by atoms with van der Waals surface area (Å²) in [6.07, 6.45) is 1.18. The lowest BCUT2D eigenvalue weighted by Crippen LogP contribution is -2.38. The summed E-state index contributed by atoms with van der Waals surface area (Å²) in [6, 6.07) is 0. The molecule has 6 heteroatoms. The van der Waals surface area contributed by atoms with E-state index < -0.39 is 5.97 Å². The fourth-order valence-electron chi connectivity index (χ4n) is 2.12. The molecule has 1 fully saturated rings. The lowest BCUT2D eigenvalue weighted by atomic mass is 9.97. The molecule has 1 aliphatic rings. The molecule has 6 nitrogen and oxygen atoms in total. The average molecular weight is 251 g/mol. The molecule has 0 unspecified atom stereocenters. The number of aryl methyl sites for hydroxylation is 1. The van der Waals surface area contributed by atoms with Crippen LogP contribution in [0.2, 0.25) is 0 Å². The zero-order valence-electron chi connectivity index (χ0n) is 10.6. The van der Waals surface area contributed by atoms with E-state index in [2.05, 4.69) is 9.97 Å². The van der Waals surface area contributed by atoms with E-state index >= 15 is 0 Å². The number of anilines is 1. The first-order valence-electron chi connectivity index (χ1n) is 6.04. The van der Waals surface area contributed by atoms with Gasteiger partial charge in [-0.3, -0.25) is 14.6 Å². The molecule has 2 N–H and O–H groups in total. The van der Waals surface area contributed by atoms with Crippen LogP contribution in [0.4, 0.5) is 5.95 Å². The SMILES string of the molecule is Cc1nc(N2CCC(C(=O)O)CC2)[nH]c(=O)c1C. The summed E-state index contributed by atoms with van der Waals surface area (Å²) in [7, 11) is 0. The number of H-pyrrole nitrogens is 1. The first kappa shape index (κ1) is 12.6. The van der Waals surface area contributed by atoms with E-state index in [1.54, 1.807) is 13.8 Å². The lowest BCUT2D eigenvalue weighted by Gasteiger charge is -2.30. The van der Waals surface area contributed by atoms with Crippen LogP contribution in [0, 0.1) is 19.8 Å². The summed E-state index contributed by atoms with van der Waals surface area (Å²) >= 11 is 0. The van der Waals surface area contributed by atoms with Crippen molar-refractivity contribution in [2.24, 2.45) is 5.92 Å². The molecule has 0 aliphatic carbocycles. The molecular weight excluding hydrogens is 234 g/mol. The number of hydrogen-bond acceptors (Lipinski definition) is 4. The monoisotopic (exact) mass is 251 g/mol. The van der Waals surface area contributed by atoms with Gasteiger partial charge >= 0.3 is 5.97 Å². The van der Waals surface area contributed by atoms with Gasteiger partial charge in [0.25, 0.3) is 5.56 Å². The Bertz CT molecular complexity index is 516. The average Bonchev–Trinajstić information content (AvgIpc) is 2.35. The summed E-state index contributed by atoms with van der Waals surface area (Å²) in [5.74, 6) is -0.470. The van der Waals surface area contributed by atoms with Gasteiger partial charge in [-0.25, -0.2) is 4.98 Å². The molecule has 1 aromatic rings. The van der Waals surface area contributed by atoms with Gasteiger partial charge in [0.15, 0.2) is 0 Å². The predicted molar refractivity (Wildman–Crippen MR) is 66.9 cm³/mol. The van der Waals surface area contributed by atoms with Crippen LogP contribution >= 0.6 is 0 Å². The second-order valence-electron chi connectivity index (χ2n) is 4.70. The molecule has 1 saturated heterocycles. The van der Waals surface area contributed by atoms with E-state index in [1.165, 1.54) is 0 Å². The zero-order valence-corrected chi connectivity index (χ0v) is 10.6. The van der Waals surface area contributed by atoms with Crippen LogP contribution in [0.15, 0.2) is 4.79 Å². The van der Waals surface area contributed by atoms with Crippen LogP contribution < -0.4 is 10.5 Å². The normalized spacial score (nSPS) is 16.9. The molecule has 0 atom stereocenters. The van der Waals surface area contributed by atoms with Gasteiger partial charge in [-0.05, 0) is 26.7 Å². The maximum atomic E-state index is 11.7. The Morgan fingerprint density at radius 2 is 2.00 bits per heavy atom. The minimum absolute atomic E-state index is 0.127. The van der Waals surface area contributed by atoms with Crippen LogP contribution in [0.25, 0.3) is 0 Å². The number of aliphatic carboxylic acids is 1. The number of nitrogens with one attached hydrogen (secondary N) is 1. The van der Waals surface area contributed by atoms with E-state index in [0.717, 1.165) is 0 Å². The van der Waals surface area contributed by atoms with Crippen molar-refractivity contribution in [3.63, 3.8) is 0 Å². The zero-order chi connectivity index (χ0) is 13.3. The number of carboxylic acid groups (broad SMARTS) is 1. The van der Waals surface area contributed by atoms with Gasteiger partial charge in [0.1, 0.15) is 0 Å². The molecular formula is C12H17N3O3. The van der Waals surface area contributed by atoms with Crippen molar-refractivity contribution in [2.75, 3.05) is 18.0 Å². The number of piperidine rings is 1. The highest BCUT2D eigenvalue weighted by molar-refractivity contribution is 5.70. The maximum Gasteiger partial charge on any atom is 0.306 e. The molecule has 0 amide bonds. The molecule has 0 spiro atoms. The Morgan fingerprint density at radius 1 is 1.39 bits per heavy atom. The molecule has 0 radical (unpaired) electrons. The fourth-order valence-corrected chi connectivity index (χ4v) is 2.12. The van der Waals surface area contributed by atoms with Crippen LogP contribution in [0.1, 0.15) is 24.1 Å². The fraction of sp³-hybridized carbons (Fsp3) is 0.583. The largest absolute Gasteiger partial charge is 0.481 e. The van der Waals surface area contributed by atoms with E-state index in [-0.39, 0.29) is 11.5 Å². The standard InChI is InChI=1S/C12H17N3O3/c1-7-8(2)13-12(14-10(7)16)15-5-3-9(4-6-15)11(17)18/h9H,3-6H2,1-2H3,(H,17,18)(H,13,14,16). The van der Waals surface area contributed by atoms with Crippen molar-refractivity contribution in [2.45, 2.75) is 26.7 Å². The van der Waals surface area contributed by atoms with Gasteiger partial charge in [0.05, 0.1) is 5.92 Å². The minimum atomic E-state index is -0.740. The summed E-state index contributed by atoms with van der Waals surface area (Å²) in [6.45, 7) is 4.77. The van der Waals surface area contributed by atoms with Crippen LogP contribution in [-0.2, 0) is 4.79 Å². The Hall–Kier alpha value is -1.85. The Labute approximate surface area is 105 Å². The van der Waals surface area contributed by atoms with Gasteiger partial charge in [0.2, 0.25) is 5.95 Å². The van der Waals surface area contributed by atoms with Crippen LogP contribution in [-0.4, -0.2) is 34.1 Å². The summed E-state index contributed by atoms with van der Waals surface area (Å²) in [5, 5.41) is 8.93. The third kappa shape index (κ3) is 2.37. The van der Waals surface area contributed by atoms with Crippen molar-refractivity contribution >= 4 is 11.9 Å². The maximum absolute atomic E-state index is 11.7. The third-order valence-electron chi connectivity index (χ3n) is 3.53. The molecule has 1 aliphatic heterocycles. The molecule has 2 heterocycles. The first-order valence-corrected chi connectivity index (χ1v) is 6.04. The Balaban J connectivity index is 2.15. The summed E-state index contributed by atoms with van der Waals surface area (Å²) in [5.41, 5.74) is 1.21. The van der Waals surface area contributed by atoms with Crippen molar-refractivity contribution < 1.29 is 9.90 Å². The Morgan fingerprint density at radius 3 is 2.50 bits per heavy atom. The highest BCUT2D eigenvalue weighted by Gasteiger charge is 2.25. The van der Waals surface area contributed by atoms with E-state index in [0.29, 0.717) is 43.1 Å². The van der Waals surface area contributed by atoms with E-state index in [1.807, 2.05) is 4.90 Å². The number of nitrogens with zero attached hydrogens (tertiary/aromatic N) is 2. The number of rotatable bonds is 2. The molecule has 0 saturated carbocycles. The van der Waals surface area contributed by atoms with E-state index in [4.69, 9.17) is 5.11 Å². The second kappa shape index (κ2) is 4.80. The summed E-state index contributed by atoms with van der Waals surface area (Å²) < 4.78 is 0. The van der Waals surface area contributed by atoms with Crippen molar-refractivity contribution in [3.05, 3.63) is 21.6 Å². The molecule has 18 heavy (non-hydrogen) atoms. The van der Waals surface area contributed by atoms with Gasteiger partial charge in [-0.15, -0.1) is 0 Å². The first-order chi connectivity index (χ1) is 8.49. The lowest BCUT2D eigenvalue weighted by molar-refractivity contribution is -0.142. The Kier molecular flexibility index (Phi) is 3.36. The van der Waals surface area contributed by atoms with Gasteiger partial charge in [-0.1, -0.05) is 0 Å². The van der Waals surface area contributed by atoms with Crippen LogP contribution in [0.3, 0.4) is 0 Å². The quantitative estimate of drug-likeness (QED) is 0.807. The number of carbonyl (C=O) groups is 1. The third-order valence-corrected chi connectivity index (χ3v) is 3.53. The van der Waals surface area contributed by atoms with Crippen molar-refractivity contribution in [1.82, 2.24) is 9.97 Å². The van der Waals surface area contributed by atoms with Gasteiger partial charge < -0.3 is 10.0 Å². The topological polar surface area (TPSA) is 86.3 Å². The van der Waals surface area contributed by atoms with Crippen molar-refractivity contribution in [3.8, 4) is 0 Å². The highest BCUT2D eigenvalue weighted by atomic mass is 16.4. The predicted octanol–water partition coefficient (Wildman–Crippen LogP) is 0.688. The molecule has 2 rings (SSSR count). The molecule has 98 valence electrons. The van der Waals surface area contributed by atoms with Crippen LogP contribution in [0.5, 0.6) is 0 Å². The van der Waals surface area contributed by atoms with Crippen molar-refractivity contribution in [1.29, 1.82) is 0 Å². The van der Waals surface area contributed by atoms with E-state index in [9.17, 15) is 9.59 Å². The number of aromatic amines is 1. The smallest absolute Gasteiger partial charge is 0.306 e. The van der Waals surface area contributed by atoms with Gasteiger partial charge in [0, 0.05) is 24.3 Å². The molecule has 0 bridgehead atoms. The van der Waals surface area contributed by atoms with Gasteiger partial charge in [-0.2, -0.15) is 0 Å². The number of carboxylic acids is 1. The highest BCUT2D eigenvalue weighted by Crippen LogP contribution is 2.20. The minimum Gasteiger partial charge on any atom is -0.481 e. The summed E-state index contributed by atoms with van der Waals surface area (Å²) in [4.78, 5) is 31.5. The molecule has 0 aromatic carbocycles.